The Morgan fingerprint density at radius 1 is 1.07 bits per heavy atom. The average Bonchev–Trinajstić information content (AvgIpc) is 2.92. The number of benzene rings is 2. The van der Waals surface area contributed by atoms with E-state index in [9.17, 15) is 18.3 Å². The van der Waals surface area contributed by atoms with Crippen LogP contribution in [0.25, 0.3) is 11.1 Å². The number of hydrogen-bond acceptors (Lipinski definition) is 5. The fraction of sp³-hybridized carbons (Fsp3) is 0.350. The lowest BCUT2D eigenvalue weighted by Gasteiger charge is -2.40. The normalized spacial score (nSPS) is 18.9. The molecule has 2 aromatic carbocycles. The molecule has 0 aromatic heterocycles. The van der Waals surface area contributed by atoms with E-state index < -0.39 is 21.5 Å². The fourth-order valence-electron chi connectivity index (χ4n) is 4.14. The molecule has 1 heterocycles. The molecule has 6 nitrogen and oxygen atoms in total. The van der Waals surface area contributed by atoms with Crippen molar-refractivity contribution in [1.82, 2.24) is 5.32 Å². The van der Waals surface area contributed by atoms with Gasteiger partial charge < -0.3 is 15.2 Å². The molecule has 142 valence electrons. The number of aliphatic hydroxyl groups is 1. The van der Waals surface area contributed by atoms with Gasteiger partial charge in [0.05, 0.1) is 17.0 Å². The predicted octanol–water partition coefficient (Wildman–Crippen LogP) is 2.07. The first-order chi connectivity index (χ1) is 12.9. The summed E-state index contributed by atoms with van der Waals surface area (Å²) in [5, 5.41) is 11.8. The van der Waals surface area contributed by atoms with Crippen molar-refractivity contribution < 1.29 is 23.1 Å². The first-order valence-corrected chi connectivity index (χ1v) is 10.7. The van der Waals surface area contributed by atoms with Gasteiger partial charge in [-0.15, -0.1) is 0 Å². The van der Waals surface area contributed by atoms with Gasteiger partial charge in [0, 0.05) is 12.5 Å². The van der Waals surface area contributed by atoms with Crippen molar-refractivity contribution in [3.8, 4) is 11.1 Å². The van der Waals surface area contributed by atoms with E-state index in [0.29, 0.717) is 0 Å². The van der Waals surface area contributed by atoms with Gasteiger partial charge in [0.15, 0.2) is 9.84 Å². The van der Waals surface area contributed by atoms with E-state index in [1.165, 1.54) is 0 Å². The Balaban J connectivity index is 1.47. The number of aliphatic hydroxyl groups excluding tert-OH is 1. The van der Waals surface area contributed by atoms with Crippen molar-refractivity contribution in [2.75, 3.05) is 24.7 Å². The topological polar surface area (TPSA) is 92.7 Å². The van der Waals surface area contributed by atoms with E-state index in [0.717, 1.165) is 22.3 Å². The number of ether oxygens (including phenoxy) is 1. The van der Waals surface area contributed by atoms with E-state index in [1.807, 2.05) is 36.4 Å². The maximum Gasteiger partial charge on any atom is 0.407 e. The van der Waals surface area contributed by atoms with Crippen LogP contribution in [-0.4, -0.2) is 49.9 Å². The highest BCUT2D eigenvalue weighted by Crippen LogP contribution is 2.44. The summed E-state index contributed by atoms with van der Waals surface area (Å²) in [5.41, 5.74) is 3.59. The number of hydrogen-bond donors (Lipinski definition) is 2. The van der Waals surface area contributed by atoms with E-state index in [2.05, 4.69) is 17.4 Å². The largest absolute Gasteiger partial charge is 0.449 e. The summed E-state index contributed by atoms with van der Waals surface area (Å²) in [5.74, 6) is -0.378. The van der Waals surface area contributed by atoms with Gasteiger partial charge in [0.1, 0.15) is 6.61 Å². The number of sulfone groups is 1. The second kappa shape index (κ2) is 6.65. The van der Waals surface area contributed by atoms with Crippen LogP contribution in [0.2, 0.25) is 0 Å². The van der Waals surface area contributed by atoms with E-state index in [-0.39, 0.29) is 37.1 Å². The minimum absolute atomic E-state index is 0.0536. The first-order valence-electron chi connectivity index (χ1n) is 8.87. The molecule has 0 atom stereocenters. The molecule has 1 saturated heterocycles. The molecule has 7 heteroatoms. The van der Waals surface area contributed by atoms with Gasteiger partial charge in [-0.05, 0) is 28.7 Å². The van der Waals surface area contributed by atoms with Crippen molar-refractivity contribution in [2.45, 2.75) is 17.9 Å². The molecule has 0 spiro atoms. The molecule has 2 aliphatic rings. The monoisotopic (exact) mass is 387 g/mol. The van der Waals surface area contributed by atoms with E-state index in [4.69, 9.17) is 4.74 Å². The molecule has 0 bridgehead atoms. The summed E-state index contributed by atoms with van der Waals surface area (Å²) < 4.78 is 28.5. The average molecular weight is 387 g/mol. The number of amides is 1. The standard InChI is InChI=1S/C20H21NO5S/c22-10-9-20(12-27(24,25)13-20)21-19(23)26-11-18-16-7-3-1-5-14(16)15-6-2-4-8-17(15)18/h1-8,18,22H,9-13H2,(H,21,23). The third-order valence-corrected chi connectivity index (χ3v) is 7.28. The molecule has 2 N–H and O–H groups in total. The predicted molar refractivity (Wildman–Crippen MR) is 101 cm³/mol. The zero-order valence-electron chi connectivity index (χ0n) is 14.7. The van der Waals surface area contributed by atoms with E-state index in [1.54, 1.807) is 0 Å². The van der Waals surface area contributed by atoms with Gasteiger partial charge in [-0.3, -0.25) is 0 Å². The SMILES string of the molecule is O=C(NC1(CCO)CS(=O)(=O)C1)OCC1c2ccccc2-c2ccccc21. The molecule has 0 radical (unpaired) electrons. The molecular weight excluding hydrogens is 366 g/mol. The molecule has 1 aliphatic heterocycles. The van der Waals surface area contributed by atoms with Gasteiger partial charge in [-0.1, -0.05) is 48.5 Å². The Kier molecular flexibility index (Phi) is 4.44. The van der Waals surface area contributed by atoms with Gasteiger partial charge in [-0.25, -0.2) is 13.2 Å². The maximum absolute atomic E-state index is 12.3. The second-order valence-corrected chi connectivity index (χ2v) is 9.30. The first kappa shape index (κ1) is 18.0. The van der Waals surface area contributed by atoms with Crippen molar-refractivity contribution >= 4 is 15.9 Å². The molecule has 1 fully saturated rings. The maximum atomic E-state index is 12.3. The van der Waals surface area contributed by atoms with Gasteiger partial charge in [0.25, 0.3) is 0 Å². The number of alkyl carbamates (subject to hydrolysis) is 1. The van der Waals surface area contributed by atoms with Crippen LogP contribution in [0.15, 0.2) is 48.5 Å². The Bertz CT molecular complexity index is 928. The van der Waals surface area contributed by atoms with Crippen molar-refractivity contribution in [2.24, 2.45) is 0 Å². The minimum Gasteiger partial charge on any atom is -0.449 e. The van der Waals surface area contributed by atoms with Crippen LogP contribution < -0.4 is 5.32 Å². The molecular formula is C20H21NO5S. The molecule has 1 aliphatic carbocycles. The second-order valence-electron chi connectivity index (χ2n) is 7.24. The zero-order chi connectivity index (χ0) is 19.1. The molecule has 1 amide bonds. The van der Waals surface area contributed by atoms with Crippen LogP contribution >= 0.6 is 0 Å². The van der Waals surface area contributed by atoms with Gasteiger partial charge in [-0.2, -0.15) is 0 Å². The van der Waals surface area contributed by atoms with Gasteiger partial charge in [0.2, 0.25) is 0 Å². The lowest BCUT2D eigenvalue weighted by Crippen LogP contribution is -2.65. The lowest BCUT2D eigenvalue weighted by atomic mass is 9.98. The Morgan fingerprint density at radius 2 is 1.63 bits per heavy atom. The summed E-state index contributed by atoms with van der Waals surface area (Å²) in [6.45, 7) is -0.0268. The molecule has 0 saturated carbocycles. The van der Waals surface area contributed by atoms with Crippen LogP contribution in [-0.2, 0) is 14.6 Å². The molecule has 0 unspecified atom stereocenters. The number of fused-ring (bicyclic) bond motifs is 3. The van der Waals surface area contributed by atoms with E-state index >= 15 is 0 Å². The number of carbonyl (C=O) groups excluding carboxylic acids is 1. The number of rotatable bonds is 5. The summed E-state index contributed by atoms with van der Waals surface area (Å²) in [6, 6.07) is 16.1. The van der Waals surface area contributed by atoms with Crippen LogP contribution in [0.5, 0.6) is 0 Å². The minimum atomic E-state index is -3.15. The van der Waals surface area contributed by atoms with Crippen molar-refractivity contribution in [1.29, 1.82) is 0 Å². The lowest BCUT2D eigenvalue weighted by molar-refractivity contribution is 0.127. The van der Waals surface area contributed by atoms with Gasteiger partial charge >= 0.3 is 6.09 Å². The van der Waals surface area contributed by atoms with Crippen LogP contribution in [0.1, 0.15) is 23.5 Å². The van der Waals surface area contributed by atoms with Crippen molar-refractivity contribution in [3.05, 3.63) is 59.7 Å². The highest BCUT2D eigenvalue weighted by molar-refractivity contribution is 7.93. The zero-order valence-corrected chi connectivity index (χ0v) is 15.5. The highest BCUT2D eigenvalue weighted by atomic mass is 32.2. The Labute approximate surface area is 158 Å². The smallest absolute Gasteiger partial charge is 0.407 e. The number of carbonyl (C=O) groups is 1. The molecule has 4 rings (SSSR count). The number of nitrogens with one attached hydrogen (secondary N) is 1. The fourth-order valence-corrected chi connectivity index (χ4v) is 6.18. The molecule has 2 aromatic rings. The summed E-state index contributed by atoms with van der Waals surface area (Å²) in [4.78, 5) is 12.3. The van der Waals surface area contributed by atoms with Crippen molar-refractivity contribution in [3.63, 3.8) is 0 Å². The Hall–Kier alpha value is -2.38. The Morgan fingerprint density at radius 3 is 2.15 bits per heavy atom. The van der Waals surface area contributed by atoms with Crippen LogP contribution in [0, 0.1) is 0 Å². The summed E-state index contributed by atoms with van der Waals surface area (Å²) in [6.07, 6.45) is -0.462. The molecule has 27 heavy (non-hydrogen) atoms. The third-order valence-electron chi connectivity index (χ3n) is 5.29. The third kappa shape index (κ3) is 3.33. The summed E-state index contributed by atoms with van der Waals surface area (Å²) >= 11 is 0. The quantitative estimate of drug-likeness (QED) is 0.819. The van der Waals surface area contributed by atoms with Crippen LogP contribution in [0.4, 0.5) is 4.79 Å². The van der Waals surface area contributed by atoms with Crippen LogP contribution in [0.3, 0.4) is 0 Å². The summed E-state index contributed by atoms with van der Waals surface area (Å²) in [7, 11) is -3.15. The highest BCUT2D eigenvalue weighted by Gasteiger charge is 2.49.